The zero-order chi connectivity index (χ0) is 11.1. The van der Waals surface area contributed by atoms with Crippen molar-refractivity contribution < 1.29 is 9.18 Å². The number of carbonyl (C=O) groups is 1. The van der Waals surface area contributed by atoms with Gasteiger partial charge >= 0.3 is 0 Å². The molecular formula is C11H14FNOS. The Morgan fingerprint density at radius 3 is 2.53 bits per heavy atom. The smallest absolute Gasteiger partial charge is 0.164 e. The van der Waals surface area contributed by atoms with Crippen molar-refractivity contribution in [3.05, 3.63) is 29.8 Å². The fourth-order valence-corrected chi connectivity index (χ4v) is 1.81. The number of halogens is 1. The molecule has 0 heterocycles. The number of thioether (sulfide) groups is 1. The highest BCUT2D eigenvalue weighted by atomic mass is 32.2. The van der Waals surface area contributed by atoms with E-state index in [4.69, 9.17) is 5.73 Å². The first kappa shape index (κ1) is 12.2. The van der Waals surface area contributed by atoms with Crippen molar-refractivity contribution >= 4 is 17.5 Å². The van der Waals surface area contributed by atoms with Crippen molar-refractivity contribution in [2.75, 3.05) is 19.0 Å². The van der Waals surface area contributed by atoms with Crippen LogP contribution in [-0.2, 0) is 0 Å². The van der Waals surface area contributed by atoms with E-state index in [9.17, 15) is 9.18 Å². The highest BCUT2D eigenvalue weighted by Gasteiger charge is 2.03. The molecule has 1 aromatic rings. The van der Waals surface area contributed by atoms with Crippen LogP contribution in [0.4, 0.5) is 4.39 Å². The third-order valence-corrected chi connectivity index (χ3v) is 2.86. The van der Waals surface area contributed by atoms with Gasteiger partial charge in [0.1, 0.15) is 0 Å². The summed E-state index contributed by atoms with van der Waals surface area (Å²) in [5.74, 6) is 0.510. The number of Topliss-reactive ketones (excluding diaryl/α,β-unsaturated/α-hetero) is 1. The van der Waals surface area contributed by atoms with Gasteiger partial charge in [-0.05, 0) is 18.7 Å². The maximum absolute atomic E-state index is 11.9. The molecule has 0 radical (unpaired) electrons. The number of ketones is 1. The standard InChI is InChI=1S/C11H14FNOS/c12-6-8-15-10-3-1-9(2-4-10)11(14)5-7-13/h1-4H,5-8,13H2. The molecule has 82 valence electrons. The molecule has 0 saturated carbocycles. The fourth-order valence-electron chi connectivity index (χ4n) is 1.17. The summed E-state index contributed by atoms with van der Waals surface area (Å²) in [5.41, 5.74) is 5.97. The van der Waals surface area contributed by atoms with Crippen molar-refractivity contribution in [3.63, 3.8) is 0 Å². The Balaban J connectivity index is 2.59. The second-order valence-corrected chi connectivity index (χ2v) is 4.19. The summed E-state index contributed by atoms with van der Waals surface area (Å²) in [4.78, 5) is 12.4. The molecule has 0 unspecified atom stereocenters. The molecule has 0 spiro atoms. The van der Waals surface area contributed by atoms with Crippen LogP contribution in [0.3, 0.4) is 0 Å². The molecule has 0 aliphatic heterocycles. The van der Waals surface area contributed by atoms with Crippen LogP contribution in [0.5, 0.6) is 0 Å². The van der Waals surface area contributed by atoms with Crippen molar-refractivity contribution in [2.45, 2.75) is 11.3 Å². The lowest BCUT2D eigenvalue weighted by molar-refractivity contribution is 0.0985. The van der Waals surface area contributed by atoms with E-state index < -0.39 is 0 Å². The molecule has 2 nitrogen and oxygen atoms in total. The number of rotatable bonds is 6. The Kier molecular flexibility index (Phi) is 5.36. The van der Waals surface area contributed by atoms with E-state index in [2.05, 4.69) is 0 Å². The molecule has 1 aromatic carbocycles. The maximum atomic E-state index is 11.9. The molecule has 0 atom stereocenters. The van der Waals surface area contributed by atoms with E-state index in [1.165, 1.54) is 11.8 Å². The summed E-state index contributed by atoms with van der Waals surface area (Å²) in [5, 5.41) is 0. The van der Waals surface area contributed by atoms with Crippen molar-refractivity contribution in [2.24, 2.45) is 5.73 Å². The number of hydrogen-bond donors (Lipinski definition) is 1. The summed E-state index contributed by atoms with van der Waals surface area (Å²) in [6.45, 7) is 0.0374. The van der Waals surface area contributed by atoms with E-state index in [0.29, 0.717) is 24.3 Å². The Morgan fingerprint density at radius 1 is 1.33 bits per heavy atom. The van der Waals surface area contributed by atoms with Crippen LogP contribution in [0.1, 0.15) is 16.8 Å². The number of hydrogen-bond acceptors (Lipinski definition) is 3. The molecule has 0 amide bonds. The first-order valence-corrected chi connectivity index (χ1v) is 5.78. The summed E-state index contributed by atoms with van der Waals surface area (Å²) < 4.78 is 11.9. The van der Waals surface area contributed by atoms with Crippen LogP contribution in [0.25, 0.3) is 0 Å². The molecule has 4 heteroatoms. The zero-order valence-corrected chi connectivity index (χ0v) is 9.23. The Hall–Kier alpha value is -0.870. The third-order valence-electron chi connectivity index (χ3n) is 1.89. The van der Waals surface area contributed by atoms with Gasteiger partial charge in [-0.25, -0.2) is 0 Å². The van der Waals surface area contributed by atoms with E-state index >= 15 is 0 Å². The fraction of sp³-hybridized carbons (Fsp3) is 0.364. The van der Waals surface area contributed by atoms with Gasteiger partial charge in [0.05, 0.1) is 6.67 Å². The van der Waals surface area contributed by atoms with E-state index in [0.717, 1.165) is 4.90 Å². The van der Waals surface area contributed by atoms with Crippen LogP contribution in [0, 0.1) is 0 Å². The normalized spacial score (nSPS) is 10.3. The highest BCUT2D eigenvalue weighted by molar-refractivity contribution is 7.99. The number of alkyl halides is 1. The lowest BCUT2D eigenvalue weighted by Crippen LogP contribution is -2.07. The molecule has 0 aromatic heterocycles. The van der Waals surface area contributed by atoms with Gasteiger partial charge in [0.2, 0.25) is 0 Å². The lowest BCUT2D eigenvalue weighted by atomic mass is 10.1. The quantitative estimate of drug-likeness (QED) is 0.599. The van der Waals surface area contributed by atoms with E-state index in [1.807, 2.05) is 12.1 Å². The molecule has 15 heavy (non-hydrogen) atoms. The summed E-state index contributed by atoms with van der Waals surface area (Å²) >= 11 is 1.44. The van der Waals surface area contributed by atoms with Crippen molar-refractivity contribution in [1.29, 1.82) is 0 Å². The molecule has 0 fully saturated rings. The van der Waals surface area contributed by atoms with Gasteiger partial charge in [-0.15, -0.1) is 11.8 Å². The predicted octanol–water partition coefficient (Wildman–Crippen LogP) is 2.28. The SMILES string of the molecule is NCCC(=O)c1ccc(SCCF)cc1. The van der Waals surface area contributed by atoms with Crippen molar-refractivity contribution in [1.82, 2.24) is 0 Å². The van der Waals surface area contributed by atoms with Gasteiger partial charge in [-0.1, -0.05) is 12.1 Å². The van der Waals surface area contributed by atoms with Crippen LogP contribution < -0.4 is 5.73 Å². The van der Waals surface area contributed by atoms with Gasteiger partial charge in [0, 0.05) is 22.6 Å². The Bertz CT molecular complexity index is 313. The molecule has 0 aliphatic carbocycles. The maximum Gasteiger partial charge on any atom is 0.164 e. The molecule has 2 N–H and O–H groups in total. The van der Waals surface area contributed by atoms with E-state index in [1.54, 1.807) is 12.1 Å². The Morgan fingerprint density at radius 2 is 2.00 bits per heavy atom. The average molecular weight is 227 g/mol. The van der Waals surface area contributed by atoms with Gasteiger partial charge in [0.15, 0.2) is 5.78 Å². The average Bonchev–Trinajstić information content (AvgIpc) is 2.27. The number of nitrogens with two attached hydrogens (primary N) is 1. The van der Waals surface area contributed by atoms with Crippen LogP contribution in [-0.4, -0.2) is 24.8 Å². The van der Waals surface area contributed by atoms with Crippen LogP contribution >= 0.6 is 11.8 Å². The number of carbonyl (C=O) groups excluding carboxylic acids is 1. The largest absolute Gasteiger partial charge is 0.330 e. The molecular weight excluding hydrogens is 213 g/mol. The van der Waals surface area contributed by atoms with Gasteiger partial charge in [-0.3, -0.25) is 9.18 Å². The van der Waals surface area contributed by atoms with Gasteiger partial charge in [-0.2, -0.15) is 0 Å². The summed E-state index contributed by atoms with van der Waals surface area (Å²) in [7, 11) is 0. The highest BCUT2D eigenvalue weighted by Crippen LogP contribution is 2.18. The molecule has 0 bridgehead atoms. The first-order valence-electron chi connectivity index (χ1n) is 4.80. The summed E-state index contributed by atoms with van der Waals surface area (Å²) in [6.07, 6.45) is 0.372. The lowest BCUT2D eigenvalue weighted by Gasteiger charge is -2.01. The first-order chi connectivity index (χ1) is 7.27. The van der Waals surface area contributed by atoms with Crippen molar-refractivity contribution in [3.8, 4) is 0 Å². The molecule has 0 saturated heterocycles. The summed E-state index contributed by atoms with van der Waals surface area (Å²) in [6, 6.07) is 7.20. The second-order valence-electron chi connectivity index (χ2n) is 3.02. The Labute approximate surface area is 93.0 Å². The van der Waals surface area contributed by atoms with E-state index in [-0.39, 0.29) is 12.5 Å². The minimum Gasteiger partial charge on any atom is -0.330 e. The predicted molar refractivity (Wildman–Crippen MR) is 61.1 cm³/mol. The molecule has 1 rings (SSSR count). The topological polar surface area (TPSA) is 43.1 Å². The number of benzene rings is 1. The monoisotopic (exact) mass is 227 g/mol. The van der Waals surface area contributed by atoms with Crippen LogP contribution in [0.2, 0.25) is 0 Å². The third kappa shape index (κ3) is 4.01. The van der Waals surface area contributed by atoms with Gasteiger partial charge < -0.3 is 5.73 Å². The minimum atomic E-state index is -0.335. The molecule has 0 aliphatic rings. The minimum absolute atomic E-state index is 0.0551. The van der Waals surface area contributed by atoms with Crippen LogP contribution in [0.15, 0.2) is 29.2 Å². The zero-order valence-electron chi connectivity index (χ0n) is 8.41. The van der Waals surface area contributed by atoms with Gasteiger partial charge in [0.25, 0.3) is 0 Å². The second kappa shape index (κ2) is 6.58.